The van der Waals surface area contributed by atoms with Gasteiger partial charge in [0.05, 0.1) is 0 Å². The number of hydrogen-bond donors (Lipinski definition) is 1. The Morgan fingerprint density at radius 2 is 2.00 bits per heavy atom. The molecule has 0 saturated heterocycles. The Kier molecular flexibility index (Phi) is 3.52. The van der Waals surface area contributed by atoms with Crippen LogP contribution in [0.3, 0.4) is 0 Å². The average Bonchev–Trinajstić information content (AvgIpc) is 3.06. The molecule has 0 aliphatic heterocycles. The van der Waals surface area contributed by atoms with Crippen LogP contribution in [0.1, 0.15) is 17.0 Å². The van der Waals surface area contributed by atoms with Crippen molar-refractivity contribution >= 4 is 16.5 Å². The van der Waals surface area contributed by atoms with Gasteiger partial charge in [-0.2, -0.15) is 0 Å². The van der Waals surface area contributed by atoms with Crippen molar-refractivity contribution in [3.05, 3.63) is 58.9 Å². The summed E-state index contributed by atoms with van der Waals surface area (Å²) < 4.78 is 2.27. The molecule has 0 spiro atoms. The van der Waals surface area contributed by atoms with Crippen LogP contribution in [0.4, 0.5) is 5.13 Å². The number of aromatic nitrogens is 3. The molecule has 1 aromatic carbocycles. The topological polar surface area (TPSA) is 42.7 Å². The van der Waals surface area contributed by atoms with Crippen LogP contribution in [0.25, 0.3) is 5.69 Å². The lowest BCUT2D eigenvalue weighted by molar-refractivity contribution is 0.949. The van der Waals surface area contributed by atoms with Crippen molar-refractivity contribution in [1.82, 2.24) is 14.8 Å². The van der Waals surface area contributed by atoms with Crippen LogP contribution in [0.15, 0.2) is 41.9 Å². The quantitative estimate of drug-likeness (QED) is 0.796. The summed E-state index contributed by atoms with van der Waals surface area (Å²) in [6, 6.07) is 12.6. The van der Waals surface area contributed by atoms with Gasteiger partial charge >= 0.3 is 0 Å². The molecule has 0 unspecified atom stereocenters. The molecule has 0 atom stereocenters. The summed E-state index contributed by atoms with van der Waals surface area (Å²) in [6.07, 6.45) is 0. The summed E-state index contributed by atoms with van der Waals surface area (Å²) in [5.41, 5.74) is 6.70. The molecular weight excluding hydrogens is 268 g/mol. The van der Waals surface area contributed by atoms with Crippen LogP contribution in [-0.2, 0) is 6.54 Å². The molecule has 0 bridgehead atoms. The number of anilines is 1. The van der Waals surface area contributed by atoms with E-state index in [-0.39, 0.29) is 0 Å². The van der Waals surface area contributed by atoms with Gasteiger partial charge in [-0.15, -0.1) is 10.2 Å². The van der Waals surface area contributed by atoms with Crippen molar-refractivity contribution in [3.8, 4) is 5.69 Å². The van der Waals surface area contributed by atoms with E-state index < -0.39 is 0 Å². The molecule has 3 aromatic rings. The predicted molar refractivity (Wildman–Crippen MR) is 82.5 cm³/mol. The van der Waals surface area contributed by atoms with Crippen LogP contribution in [0, 0.1) is 13.8 Å². The van der Waals surface area contributed by atoms with Crippen LogP contribution >= 0.6 is 11.3 Å². The highest BCUT2D eigenvalue weighted by atomic mass is 32.1. The number of hydrogen-bond acceptors (Lipinski definition) is 4. The van der Waals surface area contributed by atoms with Gasteiger partial charge in [0, 0.05) is 23.6 Å². The second-order valence-electron chi connectivity index (χ2n) is 4.66. The smallest absolute Gasteiger partial charge is 0.205 e. The Morgan fingerprint density at radius 1 is 1.20 bits per heavy atom. The van der Waals surface area contributed by atoms with Crippen LogP contribution in [0.2, 0.25) is 0 Å². The van der Waals surface area contributed by atoms with Crippen molar-refractivity contribution in [2.45, 2.75) is 20.4 Å². The molecule has 1 N–H and O–H groups in total. The van der Waals surface area contributed by atoms with Gasteiger partial charge in [0.2, 0.25) is 5.13 Å². The summed E-state index contributed by atoms with van der Waals surface area (Å²) in [5, 5.41) is 12.0. The van der Waals surface area contributed by atoms with Gasteiger partial charge in [0.25, 0.3) is 0 Å². The molecule has 5 heteroatoms. The molecule has 3 rings (SSSR count). The molecule has 0 amide bonds. The Balaban J connectivity index is 1.87. The van der Waals surface area contributed by atoms with Crippen molar-refractivity contribution in [2.75, 3.05) is 5.32 Å². The molecule has 2 aromatic heterocycles. The highest BCUT2D eigenvalue weighted by Crippen LogP contribution is 2.21. The van der Waals surface area contributed by atoms with Gasteiger partial charge in [0.15, 0.2) is 0 Å². The van der Waals surface area contributed by atoms with Gasteiger partial charge in [-0.05, 0) is 37.6 Å². The molecule has 102 valence electrons. The lowest BCUT2D eigenvalue weighted by atomic mass is 10.2. The zero-order valence-corrected chi connectivity index (χ0v) is 12.3. The van der Waals surface area contributed by atoms with E-state index in [2.05, 4.69) is 64.3 Å². The van der Waals surface area contributed by atoms with E-state index in [1.165, 1.54) is 34.0 Å². The minimum Gasteiger partial charge on any atom is -0.356 e. The Labute approximate surface area is 122 Å². The van der Waals surface area contributed by atoms with E-state index in [4.69, 9.17) is 0 Å². The van der Waals surface area contributed by atoms with Crippen molar-refractivity contribution in [1.29, 1.82) is 0 Å². The molecule has 0 aliphatic carbocycles. The van der Waals surface area contributed by atoms with Crippen molar-refractivity contribution < 1.29 is 0 Å². The highest BCUT2D eigenvalue weighted by Gasteiger charge is 2.10. The average molecular weight is 284 g/mol. The van der Waals surface area contributed by atoms with Gasteiger partial charge in [-0.25, -0.2) is 0 Å². The number of benzene rings is 1. The summed E-state index contributed by atoms with van der Waals surface area (Å²) in [7, 11) is 0. The second kappa shape index (κ2) is 5.46. The monoisotopic (exact) mass is 284 g/mol. The van der Waals surface area contributed by atoms with Gasteiger partial charge in [-0.3, -0.25) is 0 Å². The van der Waals surface area contributed by atoms with Crippen LogP contribution < -0.4 is 5.32 Å². The van der Waals surface area contributed by atoms with Gasteiger partial charge in [-0.1, -0.05) is 29.5 Å². The number of nitrogens with zero attached hydrogens (tertiary/aromatic N) is 3. The number of rotatable bonds is 4. The normalized spacial score (nSPS) is 10.7. The van der Waals surface area contributed by atoms with Gasteiger partial charge < -0.3 is 9.88 Å². The van der Waals surface area contributed by atoms with E-state index in [0.29, 0.717) is 0 Å². The fraction of sp³-hybridized carbons (Fsp3) is 0.200. The molecule has 4 nitrogen and oxygen atoms in total. The molecule has 2 heterocycles. The number of aryl methyl sites for hydroxylation is 1. The predicted octanol–water partition coefficient (Wildman–Crippen LogP) is 3.56. The SMILES string of the molecule is Cc1cc(CNc2nncs2)c(C)n1-c1ccccc1. The van der Waals surface area contributed by atoms with Gasteiger partial charge in [0.1, 0.15) is 5.51 Å². The first-order valence-corrected chi connectivity index (χ1v) is 7.37. The molecule has 0 fully saturated rings. The van der Waals surface area contributed by atoms with E-state index in [0.717, 1.165) is 11.7 Å². The maximum absolute atomic E-state index is 4.00. The lowest BCUT2D eigenvalue weighted by Crippen LogP contribution is -2.02. The summed E-state index contributed by atoms with van der Waals surface area (Å²) >= 11 is 1.52. The third-order valence-corrected chi connectivity index (χ3v) is 3.99. The molecule has 0 radical (unpaired) electrons. The molecule has 0 aliphatic rings. The van der Waals surface area contributed by atoms with E-state index >= 15 is 0 Å². The Hall–Kier alpha value is -2.14. The van der Waals surface area contributed by atoms with E-state index in [1.54, 1.807) is 5.51 Å². The number of nitrogens with one attached hydrogen (secondary N) is 1. The summed E-state index contributed by atoms with van der Waals surface area (Å²) in [6.45, 7) is 5.05. The highest BCUT2D eigenvalue weighted by molar-refractivity contribution is 7.13. The maximum atomic E-state index is 4.00. The minimum atomic E-state index is 0.766. The minimum absolute atomic E-state index is 0.766. The zero-order valence-electron chi connectivity index (χ0n) is 11.5. The molecular formula is C15H16N4S. The fourth-order valence-corrected chi connectivity index (χ4v) is 2.85. The third kappa shape index (κ3) is 2.44. The molecule has 0 saturated carbocycles. The van der Waals surface area contributed by atoms with Crippen molar-refractivity contribution in [2.24, 2.45) is 0 Å². The Bertz CT molecular complexity index is 686. The largest absolute Gasteiger partial charge is 0.356 e. The summed E-state index contributed by atoms with van der Waals surface area (Å²) in [4.78, 5) is 0. The van der Waals surface area contributed by atoms with Crippen LogP contribution in [-0.4, -0.2) is 14.8 Å². The lowest BCUT2D eigenvalue weighted by Gasteiger charge is -2.10. The first kappa shape index (κ1) is 12.9. The number of para-hydroxylation sites is 1. The third-order valence-electron chi connectivity index (χ3n) is 3.34. The van der Waals surface area contributed by atoms with Crippen molar-refractivity contribution in [3.63, 3.8) is 0 Å². The maximum Gasteiger partial charge on any atom is 0.205 e. The standard InChI is InChI=1S/C15H16N4S/c1-11-8-13(9-16-15-18-17-10-20-15)12(2)19(11)14-6-4-3-5-7-14/h3-8,10H,9H2,1-2H3,(H,16,18). The van der Waals surface area contributed by atoms with E-state index in [9.17, 15) is 0 Å². The van der Waals surface area contributed by atoms with Crippen LogP contribution in [0.5, 0.6) is 0 Å². The molecule has 20 heavy (non-hydrogen) atoms. The first-order chi connectivity index (χ1) is 9.75. The second-order valence-corrected chi connectivity index (χ2v) is 5.50. The summed E-state index contributed by atoms with van der Waals surface area (Å²) in [5.74, 6) is 0. The first-order valence-electron chi connectivity index (χ1n) is 6.49. The zero-order chi connectivity index (χ0) is 13.9. The Morgan fingerprint density at radius 3 is 2.70 bits per heavy atom. The van der Waals surface area contributed by atoms with E-state index in [1.807, 2.05) is 6.07 Å². The fourth-order valence-electron chi connectivity index (χ4n) is 2.40.